The van der Waals surface area contributed by atoms with E-state index in [0.29, 0.717) is 6.04 Å². The molecule has 5 heteroatoms. The van der Waals surface area contributed by atoms with Crippen LogP contribution in [0.15, 0.2) is 60.9 Å². The average Bonchev–Trinajstić information content (AvgIpc) is 3.31. The summed E-state index contributed by atoms with van der Waals surface area (Å²) in [5, 5.41) is 8.09. The van der Waals surface area contributed by atoms with Gasteiger partial charge < -0.3 is 5.32 Å². The molecule has 1 aromatic carbocycles. The van der Waals surface area contributed by atoms with Gasteiger partial charge in [0, 0.05) is 31.9 Å². The predicted octanol–water partition coefficient (Wildman–Crippen LogP) is 3.65. The van der Waals surface area contributed by atoms with Gasteiger partial charge in [0.2, 0.25) is 0 Å². The van der Waals surface area contributed by atoms with Crippen molar-refractivity contribution in [1.29, 1.82) is 0 Å². The molecule has 2 aromatic heterocycles. The van der Waals surface area contributed by atoms with E-state index < -0.39 is 0 Å². The first-order chi connectivity index (χ1) is 12.8. The number of hydrogen-bond donors (Lipinski definition) is 1. The van der Waals surface area contributed by atoms with E-state index in [4.69, 9.17) is 0 Å². The fraction of sp³-hybridized carbons (Fsp3) is 0.333. The van der Waals surface area contributed by atoms with Gasteiger partial charge >= 0.3 is 0 Å². The number of benzene rings is 1. The summed E-state index contributed by atoms with van der Waals surface area (Å²) < 4.78 is 2.14. The summed E-state index contributed by atoms with van der Waals surface area (Å²) in [5.41, 5.74) is 3.66. The lowest BCUT2D eigenvalue weighted by Crippen LogP contribution is -2.22. The van der Waals surface area contributed by atoms with Crippen LogP contribution in [0.1, 0.15) is 29.3 Å². The number of likely N-dealkylation sites (tertiary alicyclic amines) is 1. The van der Waals surface area contributed by atoms with Gasteiger partial charge in [-0.2, -0.15) is 5.10 Å². The zero-order chi connectivity index (χ0) is 17.8. The first-order valence-electron chi connectivity index (χ1n) is 9.24. The molecule has 1 N–H and O–H groups in total. The molecule has 1 saturated heterocycles. The zero-order valence-corrected chi connectivity index (χ0v) is 15.2. The van der Waals surface area contributed by atoms with Crippen LogP contribution in [0.3, 0.4) is 0 Å². The van der Waals surface area contributed by atoms with Crippen molar-refractivity contribution < 1.29 is 0 Å². The largest absolute Gasteiger partial charge is 0.365 e. The Labute approximate surface area is 154 Å². The topological polar surface area (TPSA) is 46.0 Å². The van der Waals surface area contributed by atoms with E-state index >= 15 is 0 Å². The Balaban J connectivity index is 1.39. The Morgan fingerprint density at radius 2 is 1.96 bits per heavy atom. The van der Waals surface area contributed by atoms with Crippen molar-refractivity contribution in [2.75, 3.05) is 18.4 Å². The van der Waals surface area contributed by atoms with Crippen LogP contribution >= 0.6 is 0 Å². The quantitative estimate of drug-likeness (QED) is 0.739. The maximum atomic E-state index is 4.58. The van der Waals surface area contributed by atoms with Crippen molar-refractivity contribution >= 4 is 5.82 Å². The summed E-state index contributed by atoms with van der Waals surface area (Å²) in [5.74, 6) is 1.07. The SMILES string of the molecule is Cc1cccnc1CNc1ccnn1C1CCN(Cc2ccccc2)C1. The second kappa shape index (κ2) is 7.70. The number of pyridine rings is 1. The van der Waals surface area contributed by atoms with Crippen molar-refractivity contribution in [1.82, 2.24) is 19.7 Å². The fourth-order valence-corrected chi connectivity index (χ4v) is 3.62. The molecule has 0 spiro atoms. The predicted molar refractivity (Wildman–Crippen MR) is 104 cm³/mol. The molecule has 3 heterocycles. The maximum absolute atomic E-state index is 4.58. The van der Waals surface area contributed by atoms with Gasteiger partial charge in [0.25, 0.3) is 0 Å². The molecule has 1 atom stereocenters. The van der Waals surface area contributed by atoms with E-state index in [1.165, 1.54) is 11.1 Å². The molecule has 4 rings (SSSR count). The van der Waals surface area contributed by atoms with E-state index in [2.05, 4.69) is 74.4 Å². The van der Waals surface area contributed by atoms with Gasteiger partial charge in [-0.1, -0.05) is 36.4 Å². The van der Waals surface area contributed by atoms with Crippen LogP contribution in [0.25, 0.3) is 0 Å². The highest BCUT2D eigenvalue weighted by atomic mass is 15.4. The highest BCUT2D eigenvalue weighted by Gasteiger charge is 2.25. The zero-order valence-electron chi connectivity index (χ0n) is 15.2. The van der Waals surface area contributed by atoms with Crippen LogP contribution in [0.2, 0.25) is 0 Å². The van der Waals surface area contributed by atoms with Crippen LogP contribution in [-0.4, -0.2) is 32.8 Å². The molecule has 1 unspecified atom stereocenters. The number of nitrogens with zero attached hydrogens (tertiary/aromatic N) is 4. The summed E-state index contributed by atoms with van der Waals surface area (Å²) in [4.78, 5) is 6.97. The minimum absolute atomic E-state index is 0.418. The second-order valence-electron chi connectivity index (χ2n) is 6.94. The lowest BCUT2D eigenvalue weighted by Gasteiger charge is -2.18. The molecule has 0 amide bonds. The fourth-order valence-electron chi connectivity index (χ4n) is 3.62. The Morgan fingerprint density at radius 1 is 1.08 bits per heavy atom. The van der Waals surface area contributed by atoms with Crippen molar-refractivity contribution in [3.63, 3.8) is 0 Å². The minimum atomic E-state index is 0.418. The molecule has 1 fully saturated rings. The summed E-state index contributed by atoms with van der Waals surface area (Å²) in [7, 11) is 0. The third-order valence-corrected chi connectivity index (χ3v) is 5.07. The van der Waals surface area contributed by atoms with Crippen molar-refractivity contribution in [3.8, 4) is 0 Å². The van der Waals surface area contributed by atoms with E-state index in [0.717, 1.165) is 44.1 Å². The third-order valence-electron chi connectivity index (χ3n) is 5.07. The summed E-state index contributed by atoms with van der Waals surface area (Å²) in [6, 6.07) is 17.2. The minimum Gasteiger partial charge on any atom is -0.365 e. The number of rotatable bonds is 6. The normalized spacial score (nSPS) is 17.5. The van der Waals surface area contributed by atoms with Crippen LogP contribution < -0.4 is 5.32 Å². The molecule has 26 heavy (non-hydrogen) atoms. The van der Waals surface area contributed by atoms with E-state index in [1.807, 2.05) is 18.5 Å². The van der Waals surface area contributed by atoms with Gasteiger partial charge in [0.15, 0.2) is 0 Å². The van der Waals surface area contributed by atoms with Gasteiger partial charge in [0.05, 0.1) is 24.5 Å². The van der Waals surface area contributed by atoms with Crippen molar-refractivity contribution in [2.24, 2.45) is 0 Å². The molecule has 0 aliphatic carbocycles. The number of anilines is 1. The number of nitrogens with one attached hydrogen (secondary N) is 1. The second-order valence-corrected chi connectivity index (χ2v) is 6.94. The number of hydrogen-bond acceptors (Lipinski definition) is 4. The first kappa shape index (κ1) is 16.8. The Bertz CT molecular complexity index is 842. The van der Waals surface area contributed by atoms with Crippen molar-refractivity contribution in [2.45, 2.75) is 32.5 Å². The molecule has 1 aliphatic heterocycles. The lowest BCUT2D eigenvalue weighted by atomic mass is 10.2. The number of aromatic nitrogens is 3. The summed E-state index contributed by atoms with van der Waals surface area (Å²) in [6.07, 6.45) is 4.86. The van der Waals surface area contributed by atoms with Gasteiger partial charge in [-0.3, -0.25) is 9.88 Å². The van der Waals surface area contributed by atoms with E-state index in [9.17, 15) is 0 Å². The first-order valence-corrected chi connectivity index (χ1v) is 9.24. The molecule has 134 valence electrons. The van der Waals surface area contributed by atoms with Gasteiger partial charge in [0.1, 0.15) is 5.82 Å². The molecule has 0 bridgehead atoms. The lowest BCUT2D eigenvalue weighted by molar-refractivity contribution is 0.312. The van der Waals surface area contributed by atoms with Crippen LogP contribution in [0.5, 0.6) is 0 Å². The van der Waals surface area contributed by atoms with E-state index in [-0.39, 0.29) is 0 Å². The molecular formula is C21H25N5. The maximum Gasteiger partial charge on any atom is 0.124 e. The van der Waals surface area contributed by atoms with Crippen LogP contribution in [0, 0.1) is 6.92 Å². The van der Waals surface area contributed by atoms with E-state index in [1.54, 1.807) is 0 Å². The number of aryl methyl sites for hydroxylation is 1. The standard InChI is InChI=1S/C21H25N5/c1-17-6-5-11-22-20(17)14-23-21-9-12-24-26(21)19-10-13-25(16-19)15-18-7-3-2-4-8-18/h2-9,11-12,19,23H,10,13-16H2,1H3. The molecule has 3 aromatic rings. The van der Waals surface area contributed by atoms with Crippen LogP contribution in [-0.2, 0) is 13.1 Å². The highest BCUT2D eigenvalue weighted by molar-refractivity contribution is 5.36. The molecule has 0 radical (unpaired) electrons. The third kappa shape index (κ3) is 3.78. The van der Waals surface area contributed by atoms with Gasteiger partial charge in [-0.25, -0.2) is 4.68 Å². The van der Waals surface area contributed by atoms with Gasteiger partial charge in [-0.05, 0) is 30.5 Å². The Morgan fingerprint density at radius 3 is 2.81 bits per heavy atom. The Kier molecular flexibility index (Phi) is 4.97. The Hall–Kier alpha value is -2.66. The summed E-state index contributed by atoms with van der Waals surface area (Å²) in [6.45, 7) is 5.97. The smallest absolute Gasteiger partial charge is 0.124 e. The molecule has 1 aliphatic rings. The molecular weight excluding hydrogens is 322 g/mol. The monoisotopic (exact) mass is 347 g/mol. The summed E-state index contributed by atoms with van der Waals surface area (Å²) >= 11 is 0. The highest BCUT2D eigenvalue weighted by Crippen LogP contribution is 2.26. The van der Waals surface area contributed by atoms with Crippen molar-refractivity contribution in [3.05, 3.63) is 77.7 Å². The van der Waals surface area contributed by atoms with Gasteiger partial charge in [-0.15, -0.1) is 0 Å². The average molecular weight is 347 g/mol. The van der Waals surface area contributed by atoms with Crippen LogP contribution in [0.4, 0.5) is 5.82 Å². The molecule has 0 saturated carbocycles. The molecule has 5 nitrogen and oxygen atoms in total.